The van der Waals surface area contributed by atoms with Crippen molar-refractivity contribution in [2.45, 2.75) is 13.3 Å². The molecule has 0 saturated carbocycles. The molecule has 0 aliphatic carbocycles. The van der Waals surface area contributed by atoms with Gasteiger partial charge in [-0.3, -0.25) is 9.59 Å². The number of aryl methyl sites for hydroxylation is 1. The van der Waals surface area contributed by atoms with Gasteiger partial charge in [-0.1, -0.05) is 39.7 Å². The molecule has 3 rings (SSSR count). The SMILES string of the molecule is Cc1cc(NC(=O)C2CC(=O)N(c3ccccc3Cl)C2)ccc1Br. The van der Waals surface area contributed by atoms with Crippen molar-refractivity contribution in [3.63, 3.8) is 0 Å². The summed E-state index contributed by atoms with van der Waals surface area (Å²) in [5, 5.41) is 3.40. The average molecular weight is 408 g/mol. The Balaban J connectivity index is 1.72. The van der Waals surface area contributed by atoms with Crippen molar-refractivity contribution < 1.29 is 9.59 Å². The summed E-state index contributed by atoms with van der Waals surface area (Å²) in [5.41, 5.74) is 2.41. The molecular formula is C18H16BrClN2O2. The minimum atomic E-state index is -0.391. The lowest BCUT2D eigenvalue weighted by molar-refractivity contribution is -0.122. The topological polar surface area (TPSA) is 49.4 Å². The molecule has 1 heterocycles. The molecule has 1 N–H and O–H groups in total. The quantitative estimate of drug-likeness (QED) is 0.819. The fraction of sp³-hybridized carbons (Fsp3) is 0.222. The third-order valence-corrected chi connectivity index (χ3v) is 5.27. The van der Waals surface area contributed by atoms with Crippen LogP contribution in [0, 0.1) is 12.8 Å². The highest BCUT2D eigenvalue weighted by atomic mass is 79.9. The van der Waals surface area contributed by atoms with Gasteiger partial charge in [0, 0.05) is 23.1 Å². The number of halogens is 2. The van der Waals surface area contributed by atoms with E-state index in [0.717, 1.165) is 15.7 Å². The summed E-state index contributed by atoms with van der Waals surface area (Å²) in [6, 6.07) is 12.8. The van der Waals surface area contributed by atoms with Crippen LogP contribution in [0.15, 0.2) is 46.9 Å². The Hall–Kier alpha value is -1.85. The molecule has 2 aromatic carbocycles. The van der Waals surface area contributed by atoms with Crippen molar-refractivity contribution in [1.82, 2.24) is 0 Å². The normalized spacial score (nSPS) is 17.2. The van der Waals surface area contributed by atoms with Crippen LogP contribution in [0.5, 0.6) is 0 Å². The predicted octanol–water partition coefficient (Wildman–Crippen LogP) is 4.40. The summed E-state index contributed by atoms with van der Waals surface area (Å²) in [6.07, 6.45) is 0.187. The molecule has 0 bridgehead atoms. The standard InChI is InChI=1S/C18H16BrClN2O2/c1-11-8-13(6-7-14(11)19)21-18(24)12-9-17(23)22(10-12)16-5-3-2-4-15(16)20/h2-8,12H,9-10H2,1H3,(H,21,24). The molecule has 0 spiro atoms. The Morgan fingerprint density at radius 2 is 2.04 bits per heavy atom. The number of amides is 2. The molecule has 124 valence electrons. The van der Waals surface area contributed by atoms with Crippen LogP contribution in [0.3, 0.4) is 0 Å². The number of hydrogen-bond donors (Lipinski definition) is 1. The van der Waals surface area contributed by atoms with Gasteiger partial charge < -0.3 is 10.2 Å². The first kappa shape index (κ1) is 17.0. The van der Waals surface area contributed by atoms with Crippen LogP contribution >= 0.6 is 27.5 Å². The van der Waals surface area contributed by atoms with Crippen molar-refractivity contribution >= 4 is 50.7 Å². The summed E-state index contributed by atoms with van der Waals surface area (Å²) in [6.45, 7) is 2.29. The number of rotatable bonds is 3. The first-order valence-corrected chi connectivity index (χ1v) is 8.74. The van der Waals surface area contributed by atoms with Crippen LogP contribution in [0.25, 0.3) is 0 Å². The summed E-state index contributed by atoms with van der Waals surface area (Å²) >= 11 is 9.59. The Kier molecular flexibility index (Phi) is 4.92. The van der Waals surface area contributed by atoms with Gasteiger partial charge in [0.05, 0.1) is 16.6 Å². The summed E-state index contributed by atoms with van der Waals surface area (Å²) in [7, 11) is 0. The van der Waals surface area contributed by atoms with Gasteiger partial charge in [-0.05, 0) is 42.8 Å². The van der Waals surface area contributed by atoms with Gasteiger partial charge in [-0.2, -0.15) is 0 Å². The van der Waals surface area contributed by atoms with Crippen LogP contribution in [0.2, 0.25) is 5.02 Å². The minimum Gasteiger partial charge on any atom is -0.326 e. The maximum Gasteiger partial charge on any atom is 0.229 e. The molecule has 6 heteroatoms. The second-order valence-corrected chi connectivity index (χ2v) is 7.07. The number of nitrogens with one attached hydrogen (secondary N) is 1. The lowest BCUT2D eigenvalue weighted by Gasteiger charge is -2.18. The number of carbonyl (C=O) groups excluding carboxylic acids is 2. The highest BCUT2D eigenvalue weighted by Gasteiger charge is 2.35. The molecule has 4 nitrogen and oxygen atoms in total. The fourth-order valence-corrected chi connectivity index (χ4v) is 3.24. The van der Waals surface area contributed by atoms with Gasteiger partial charge in [0.1, 0.15) is 0 Å². The largest absolute Gasteiger partial charge is 0.326 e. The second-order valence-electron chi connectivity index (χ2n) is 5.81. The summed E-state index contributed by atoms with van der Waals surface area (Å²) in [5.74, 6) is -0.632. The van der Waals surface area contributed by atoms with Crippen LogP contribution in [-0.2, 0) is 9.59 Å². The molecule has 1 fully saturated rings. The number of nitrogens with zero attached hydrogens (tertiary/aromatic N) is 1. The van der Waals surface area contributed by atoms with Gasteiger partial charge in [0.15, 0.2) is 0 Å². The van der Waals surface area contributed by atoms with E-state index in [0.29, 0.717) is 17.3 Å². The van der Waals surface area contributed by atoms with E-state index < -0.39 is 5.92 Å². The molecule has 0 aromatic heterocycles. The van der Waals surface area contributed by atoms with Crippen LogP contribution in [0.1, 0.15) is 12.0 Å². The molecule has 1 saturated heterocycles. The molecule has 1 aliphatic rings. The minimum absolute atomic E-state index is 0.0877. The zero-order chi connectivity index (χ0) is 17.3. The third kappa shape index (κ3) is 3.47. The maximum absolute atomic E-state index is 12.5. The molecule has 1 unspecified atom stereocenters. The van der Waals surface area contributed by atoms with E-state index in [-0.39, 0.29) is 18.2 Å². The monoisotopic (exact) mass is 406 g/mol. The molecule has 2 amide bonds. The van der Waals surface area contributed by atoms with E-state index in [4.69, 9.17) is 11.6 Å². The maximum atomic E-state index is 12.5. The van der Waals surface area contributed by atoms with Crippen LogP contribution in [-0.4, -0.2) is 18.4 Å². The van der Waals surface area contributed by atoms with Crippen molar-refractivity contribution in [2.24, 2.45) is 5.92 Å². The predicted molar refractivity (Wildman–Crippen MR) is 99.4 cm³/mol. The molecule has 24 heavy (non-hydrogen) atoms. The highest BCUT2D eigenvalue weighted by molar-refractivity contribution is 9.10. The van der Waals surface area contributed by atoms with Crippen molar-refractivity contribution in [1.29, 1.82) is 0 Å². The van der Waals surface area contributed by atoms with E-state index in [1.807, 2.05) is 37.3 Å². The summed E-state index contributed by atoms with van der Waals surface area (Å²) in [4.78, 5) is 26.3. The number of para-hydroxylation sites is 1. The van der Waals surface area contributed by atoms with E-state index in [1.54, 1.807) is 17.0 Å². The zero-order valence-corrected chi connectivity index (χ0v) is 15.4. The van der Waals surface area contributed by atoms with Gasteiger partial charge in [0.2, 0.25) is 11.8 Å². The Bertz CT molecular complexity index is 809. The number of anilines is 2. The van der Waals surface area contributed by atoms with Gasteiger partial charge in [-0.15, -0.1) is 0 Å². The van der Waals surface area contributed by atoms with Crippen LogP contribution < -0.4 is 10.2 Å². The van der Waals surface area contributed by atoms with Crippen molar-refractivity contribution in [2.75, 3.05) is 16.8 Å². The highest BCUT2D eigenvalue weighted by Crippen LogP contribution is 2.31. The molecular weight excluding hydrogens is 392 g/mol. The fourth-order valence-electron chi connectivity index (χ4n) is 2.75. The Morgan fingerprint density at radius 3 is 2.75 bits per heavy atom. The second kappa shape index (κ2) is 6.95. The molecule has 1 atom stereocenters. The van der Waals surface area contributed by atoms with E-state index in [2.05, 4.69) is 21.2 Å². The third-order valence-electron chi connectivity index (χ3n) is 4.06. The average Bonchev–Trinajstić information content (AvgIpc) is 2.93. The van der Waals surface area contributed by atoms with E-state index in [1.165, 1.54) is 0 Å². The molecule has 1 aliphatic heterocycles. The van der Waals surface area contributed by atoms with Gasteiger partial charge in [0.25, 0.3) is 0 Å². The first-order chi connectivity index (χ1) is 11.5. The molecule has 0 radical (unpaired) electrons. The Labute approximate surface area is 153 Å². The smallest absolute Gasteiger partial charge is 0.229 e. The van der Waals surface area contributed by atoms with Crippen molar-refractivity contribution in [3.8, 4) is 0 Å². The number of benzene rings is 2. The summed E-state index contributed by atoms with van der Waals surface area (Å²) < 4.78 is 0.987. The van der Waals surface area contributed by atoms with Crippen molar-refractivity contribution in [3.05, 3.63) is 57.5 Å². The van der Waals surface area contributed by atoms with Gasteiger partial charge in [-0.25, -0.2) is 0 Å². The molecule has 2 aromatic rings. The lowest BCUT2D eigenvalue weighted by atomic mass is 10.1. The number of carbonyl (C=O) groups is 2. The van der Waals surface area contributed by atoms with E-state index >= 15 is 0 Å². The van der Waals surface area contributed by atoms with Gasteiger partial charge >= 0.3 is 0 Å². The Morgan fingerprint density at radius 1 is 1.29 bits per heavy atom. The first-order valence-electron chi connectivity index (χ1n) is 7.57. The lowest BCUT2D eigenvalue weighted by Crippen LogP contribution is -2.28. The zero-order valence-electron chi connectivity index (χ0n) is 13.1. The number of hydrogen-bond acceptors (Lipinski definition) is 2. The van der Waals surface area contributed by atoms with Crippen LogP contribution in [0.4, 0.5) is 11.4 Å². The van der Waals surface area contributed by atoms with E-state index in [9.17, 15) is 9.59 Å².